The third kappa shape index (κ3) is 2.99. The van der Waals surface area contributed by atoms with Crippen LogP contribution in [-0.4, -0.2) is 23.2 Å². The van der Waals surface area contributed by atoms with Crippen molar-refractivity contribution < 1.29 is 14.3 Å². The van der Waals surface area contributed by atoms with Crippen molar-refractivity contribution in [3.05, 3.63) is 40.3 Å². The first-order valence-corrected chi connectivity index (χ1v) is 5.82. The molecule has 0 bridgehead atoms. The summed E-state index contributed by atoms with van der Waals surface area (Å²) in [5, 5.41) is 22.3. The summed E-state index contributed by atoms with van der Waals surface area (Å²) < 4.78 is 5.46. The van der Waals surface area contributed by atoms with Crippen LogP contribution in [0.15, 0.2) is 24.5 Å². The second-order valence-electron chi connectivity index (χ2n) is 3.34. The predicted octanol–water partition coefficient (Wildman–Crippen LogP) is 0.570. The molecule has 0 radical (unpaired) electrons. The predicted molar refractivity (Wildman–Crippen MR) is 64.0 cm³/mol. The highest BCUT2D eigenvalue weighted by molar-refractivity contribution is 7.15. The van der Waals surface area contributed by atoms with Crippen LogP contribution in [-0.2, 0) is 11.3 Å². The Balaban J connectivity index is 2.06. The maximum Gasteiger partial charge on any atom is 0.263 e. The average Bonchev–Trinajstić information content (AvgIpc) is 2.77. The van der Waals surface area contributed by atoms with E-state index in [0.29, 0.717) is 21.5 Å². The number of pyridine rings is 1. The summed E-state index contributed by atoms with van der Waals surface area (Å²) in [6.45, 7) is 0.347. The summed E-state index contributed by atoms with van der Waals surface area (Å²) in [7, 11) is 1.55. The minimum Gasteiger partial charge on any atom is -0.619 e. The molecule has 2 aromatic rings. The third-order valence-electron chi connectivity index (χ3n) is 1.99. The second-order valence-corrected chi connectivity index (χ2v) is 4.40. The summed E-state index contributed by atoms with van der Waals surface area (Å²) in [6.07, 6.45) is 2.49. The molecule has 2 heterocycles. The lowest BCUT2D eigenvalue weighted by Gasteiger charge is -2.00. The molecule has 7 nitrogen and oxygen atoms in total. The maximum atomic E-state index is 11.8. The number of aromatic nitrogens is 3. The molecule has 8 heteroatoms. The number of ether oxygens (including phenoxy) is 1. The molecule has 0 spiro atoms. The van der Waals surface area contributed by atoms with E-state index in [0.717, 1.165) is 0 Å². The number of hydrogen-bond donors (Lipinski definition) is 1. The van der Waals surface area contributed by atoms with Gasteiger partial charge in [-0.15, -0.1) is 10.2 Å². The highest BCUT2D eigenvalue weighted by Gasteiger charge is 2.12. The fraction of sp³-hybridized carbons (Fsp3) is 0.200. The molecule has 94 valence electrons. The molecular weight excluding hydrogens is 256 g/mol. The zero-order chi connectivity index (χ0) is 13.0. The minimum atomic E-state index is -0.402. The fourth-order valence-corrected chi connectivity index (χ4v) is 1.95. The van der Waals surface area contributed by atoms with E-state index < -0.39 is 5.91 Å². The molecule has 0 unspecified atom stereocenters. The first kappa shape index (κ1) is 12.4. The lowest BCUT2D eigenvalue weighted by molar-refractivity contribution is -0.605. The van der Waals surface area contributed by atoms with Crippen LogP contribution in [0.5, 0.6) is 0 Å². The lowest BCUT2D eigenvalue weighted by Crippen LogP contribution is -2.27. The number of nitrogens with one attached hydrogen (secondary N) is 1. The molecule has 0 aliphatic carbocycles. The molecule has 0 fully saturated rings. The lowest BCUT2D eigenvalue weighted by atomic mass is 10.3. The van der Waals surface area contributed by atoms with Gasteiger partial charge in [0.25, 0.3) is 5.91 Å². The van der Waals surface area contributed by atoms with Crippen molar-refractivity contribution in [1.82, 2.24) is 10.2 Å². The number of methoxy groups -OCH3 is 1. The molecule has 2 rings (SSSR count). The Bertz CT molecular complexity index is 558. The number of rotatable bonds is 4. The number of carbonyl (C=O) groups is 1. The topological polar surface area (TPSA) is 91.1 Å². The summed E-state index contributed by atoms with van der Waals surface area (Å²) in [6, 6.07) is 3.04. The maximum absolute atomic E-state index is 11.8. The summed E-state index contributed by atoms with van der Waals surface area (Å²) in [5.41, 5.74) is 0.260. The van der Waals surface area contributed by atoms with E-state index in [2.05, 4.69) is 15.5 Å². The van der Waals surface area contributed by atoms with E-state index in [-0.39, 0.29) is 5.56 Å². The van der Waals surface area contributed by atoms with Crippen LogP contribution in [0.4, 0.5) is 5.13 Å². The number of nitrogens with zero attached hydrogens (tertiary/aromatic N) is 3. The van der Waals surface area contributed by atoms with Crippen molar-refractivity contribution in [2.24, 2.45) is 0 Å². The van der Waals surface area contributed by atoms with Gasteiger partial charge in [-0.3, -0.25) is 10.1 Å². The van der Waals surface area contributed by atoms with Crippen molar-refractivity contribution in [2.45, 2.75) is 6.61 Å². The van der Waals surface area contributed by atoms with Crippen molar-refractivity contribution in [3.8, 4) is 0 Å². The van der Waals surface area contributed by atoms with Crippen molar-refractivity contribution in [3.63, 3.8) is 0 Å². The van der Waals surface area contributed by atoms with Crippen LogP contribution < -0.4 is 10.0 Å². The molecular formula is C10H10N4O3S. The molecule has 2 aromatic heterocycles. The van der Waals surface area contributed by atoms with Gasteiger partial charge in [0.2, 0.25) is 5.13 Å². The van der Waals surface area contributed by atoms with E-state index in [1.807, 2.05) is 0 Å². The van der Waals surface area contributed by atoms with Crippen molar-refractivity contribution >= 4 is 22.4 Å². The average molecular weight is 266 g/mol. The van der Waals surface area contributed by atoms with Gasteiger partial charge in [-0.05, 0) is 6.07 Å². The van der Waals surface area contributed by atoms with Crippen LogP contribution in [0, 0.1) is 5.21 Å². The SMILES string of the molecule is COCc1nnc(NC(=O)c2ccc[n+]([O-])c2)s1. The van der Waals surface area contributed by atoms with Gasteiger partial charge in [0, 0.05) is 13.2 Å². The largest absolute Gasteiger partial charge is 0.619 e. The standard InChI is InChI=1S/C10H10N4O3S/c1-17-6-8-12-13-10(18-8)11-9(15)7-3-2-4-14(16)5-7/h2-5H,6H2,1H3,(H,11,13,15). The number of carbonyl (C=O) groups excluding carboxylic acids is 1. The Morgan fingerprint density at radius 3 is 3.17 bits per heavy atom. The Morgan fingerprint density at radius 1 is 1.61 bits per heavy atom. The van der Waals surface area contributed by atoms with Crippen LogP contribution in [0.1, 0.15) is 15.4 Å². The van der Waals surface area contributed by atoms with Crippen LogP contribution in [0.2, 0.25) is 0 Å². The van der Waals surface area contributed by atoms with Gasteiger partial charge in [0.1, 0.15) is 17.2 Å². The molecule has 0 aromatic carbocycles. The van der Waals surface area contributed by atoms with Gasteiger partial charge in [-0.1, -0.05) is 11.3 Å². The second kappa shape index (κ2) is 5.52. The smallest absolute Gasteiger partial charge is 0.263 e. The van der Waals surface area contributed by atoms with Crippen LogP contribution >= 0.6 is 11.3 Å². The Kier molecular flexibility index (Phi) is 3.80. The number of anilines is 1. The summed E-state index contributed by atoms with van der Waals surface area (Å²) >= 11 is 1.22. The Hall–Kier alpha value is -2.06. The van der Waals surface area contributed by atoms with Gasteiger partial charge in [-0.2, -0.15) is 4.73 Å². The molecule has 1 amide bonds. The highest BCUT2D eigenvalue weighted by Crippen LogP contribution is 2.16. The first-order valence-electron chi connectivity index (χ1n) is 5.00. The van der Waals surface area contributed by atoms with Crippen molar-refractivity contribution in [2.75, 3.05) is 12.4 Å². The monoisotopic (exact) mass is 266 g/mol. The van der Waals surface area contributed by atoms with Gasteiger partial charge >= 0.3 is 0 Å². The first-order chi connectivity index (χ1) is 8.69. The molecule has 0 saturated carbocycles. The number of hydrogen-bond acceptors (Lipinski definition) is 6. The quantitative estimate of drug-likeness (QED) is 0.645. The third-order valence-corrected chi connectivity index (χ3v) is 2.80. The molecule has 0 saturated heterocycles. The van der Waals surface area contributed by atoms with E-state index in [1.165, 1.54) is 29.8 Å². The fourth-order valence-electron chi connectivity index (χ4n) is 1.24. The van der Waals surface area contributed by atoms with Gasteiger partial charge in [0.15, 0.2) is 12.4 Å². The van der Waals surface area contributed by atoms with Gasteiger partial charge < -0.3 is 9.94 Å². The highest BCUT2D eigenvalue weighted by atomic mass is 32.1. The van der Waals surface area contributed by atoms with Gasteiger partial charge in [-0.25, -0.2) is 0 Å². The molecule has 1 N–H and O–H groups in total. The van der Waals surface area contributed by atoms with E-state index in [1.54, 1.807) is 13.2 Å². The van der Waals surface area contributed by atoms with E-state index in [4.69, 9.17) is 4.74 Å². The van der Waals surface area contributed by atoms with Gasteiger partial charge in [0.05, 0.1) is 0 Å². The summed E-state index contributed by atoms with van der Waals surface area (Å²) in [4.78, 5) is 11.8. The van der Waals surface area contributed by atoms with Crippen LogP contribution in [0.25, 0.3) is 0 Å². The zero-order valence-electron chi connectivity index (χ0n) is 9.49. The Labute approximate surface area is 107 Å². The number of amides is 1. The Morgan fingerprint density at radius 2 is 2.44 bits per heavy atom. The van der Waals surface area contributed by atoms with Crippen LogP contribution in [0.3, 0.4) is 0 Å². The minimum absolute atomic E-state index is 0.260. The van der Waals surface area contributed by atoms with E-state index in [9.17, 15) is 10.0 Å². The van der Waals surface area contributed by atoms with E-state index >= 15 is 0 Å². The molecule has 0 atom stereocenters. The zero-order valence-corrected chi connectivity index (χ0v) is 10.3. The molecule has 0 aliphatic rings. The summed E-state index contributed by atoms with van der Waals surface area (Å²) in [5.74, 6) is -0.402. The molecule has 0 aliphatic heterocycles. The normalized spacial score (nSPS) is 10.3. The van der Waals surface area contributed by atoms with Crippen molar-refractivity contribution in [1.29, 1.82) is 0 Å². The molecule has 18 heavy (non-hydrogen) atoms.